The molecule has 0 aliphatic heterocycles. The average Bonchev–Trinajstić information content (AvgIpc) is 3.72. The van der Waals surface area contributed by atoms with E-state index in [1.807, 2.05) is 30.5 Å². The zero-order chi connectivity index (χ0) is 33.6. The van der Waals surface area contributed by atoms with Crippen LogP contribution in [0.2, 0.25) is 0 Å². The molecule has 0 spiro atoms. The molecule has 0 fully saturated rings. The van der Waals surface area contributed by atoms with Gasteiger partial charge in [-0.25, -0.2) is 0 Å². The Balaban J connectivity index is 1.03. The molecule has 5 aromatic carbocycles. The van der Waals surface area contributed by atoms with Crippen LogP contribution in [0.1, 0.15) is 79.5 Å². The van der Waals surface area contributed by atoms with E-state index in [2.05, 4.69) is 101 Å². The number of unbranched alkanes of at least 4 members (excludes halogenated alkanes) is 6. The van der Waals surface area contributed by atoms with Gasteiger partial charge in [-0.2, -0.15) is 13.2 Å². The third kappa shape index (κ3) is 7.86. The van der Waals surface area contributed by atoms with Crippen LogP contribution in [0.25, 0.3) is 27.8 Å². The van der Waals surface area contributed by atoms with Gasteiger partial charge >= 0.3 is 6.18 Å². The number of ether oxygens (including phenoxy) is 1. The highest BCUT2D eigenvalue weighted by molar-refractivity contribution is 5.91. The first kappa shape index (κ1) is 32.6. The van der Waals surface area contributed by atoms with Crippen LogP contribution in [0.5, 0.6) is 11.5 Å². The van der Waals surface area contributed by atoms with E-state index < -0.39 is 12.6 Å². The van der Waals surface area contributed by atoms with Crippen molar-refractivity contribution in [1.29, 1.82) is 0 Å². The lowest BCUT2D eigenvalue weighted by Gasteiger charge is -2.21. The summed E-state index contributed by atoms with van der Waals surface area (Å²) >= 11 is 0. The van der Waals surface area contributed by atoms with Crippen molar-refractivity contribution in [1.82, 2.24) is 4.98 Å². The van der Waals surface area contributed by atoms with Gasteiger partial charge in [-0.3, -0.25) is 0 Å². The van der Waals surface area contributed by atoms with Gasteiger partial charge < -0.3 is 15.0 Å². The first-order valence-electron chi connectivity index (χ1n) is 17.4. The number of nitrogens with one attached hydrogen (secondary N) is 2. The van der Waals surface area contributed by atoms with Crippen molar-refractivity contribution >= 4 is 33.4 Å². The number of halogens is 3. The Labute approximate surface area is 285 Å². The molecule has 0 saturated carbocycles. The first-order chi connectivity index (χ1) is 23.9. The van der Waals surface area contributed by atoms with Crippen LogP contribution in [0.3, 0.4) is 0 Å². The summed E-state index contributed by atoms with van der Waals surface area (Å²) < 4.78 is 43.4. The number of aromatic nitrogens is 1. The summed E-state index contributed by atoms with van der Waals surface area (Å²) in [7, 11) is 0. The first-order valence-corrected chi connectivity index (χ1v) is 17.4. The highest BCUT2D eigenvalue weighted by atomic mass is 19.4. The Bertz CT molecular complexity index is 2080. The third-order valence-electron chi connectivity index (χ3n) is 9.55. The van der Waals surface area contributed by atoms with Gasteiger partial charge in [-0.05, 0) is 101 Å². The number of benzene rings is 5. The van der Waals surface area contributed by atoms with E-state index in [1.54, 1.807) is 0 Å². The zero-order valence-corrected chi connectivity index (χ0v) is 27.5. The van der Waals surface area contributed by atoms with Crippen molar-refractivity contribution < 1.29 is 17.9 Å². The monoisotopic (exact) mass is 658 g/mol. The van der Waals surface area contributed by atoms with Gasteiger partial charge in [0.2, 0.25) is 0 Å². The summed E-state index contributed by atoms with van der Waals surface area (Å²) in [6.45, 7) is 0. The molecule has 3 nitrogen and oxygen atoms in total. The number of anilines is 1. The summed E-state index contributed by atoms with van der Waals surface area (Å²) in [5, 5.41) is 7.17. The van der Waals surface area contributed by atoms with E-state index in [-0.39, 0.29) is 12.3 Å². The number of fused-ring (bicyclic) bond motifs is 3. The second-order valence-corrected chi connectivity index (χ2v) is 13.1. The molecular formula is C43H41F3N2O. The van der Waals surface area contributed by atoms with E-state index in [9.17, 15) is 13.2 Å². The predicted molar refractivity (Wildman–Crippen MR) is 195 cm³/mol. The molecule has 1 aliphatic carbocycles. The third-order valence-corrected chi connectivity index (χ3v) is 9.55. The average molecular weight is 659 g/mol. The van der Waals surface area contributed by atoms with E-state index in [0.717, 1.165) is 77.7 Å². The molecule has 6 aromatic rings. The van der Waals surface area contributed by atoms with E-state index in [0.29, 0.717) is 6.42 Å². The number of hydrogen-bond donors (Lipinski definition) is 2. The van der Waals surface area contributed by atoms with Crippen molar-refractivity contribution in [2.45, 2.75) is 69.9 Å². The Morgan fingerprint density at radius 1 is 0.673 bits per heavy atom. The highest BCUT2D eigenvalue weighted by Crippen LogP contribution is 2.44. The van der Waals surface area contributed by atoms with Crippen molar-refractivity contribution in [2.24, 2.45) is 0 Å². The number of H-pyrrole nitrogens is 1. The second-order valence-electron chi connectivity index (χ2n) is 13.1. The van der Waals surface area contributed by atoms with Gasteiger partial charge in [-0.15, -0.1) is 0 Å². The van der Waals surface area contributed by atoms with Gasteiger partial charge in [0.1, 0.15) is 11.5 Å². The molecule has 0 bridgehead atoms. The molecule has 0 amide bonds. The van der Waals surface area contributed by atoms with Crippen molar-refractivity contribution in [3.05, 3.63) is 143 Å². The number of rotatable bonds is 14. The topological polar surface area (TPSA) is 37.0 Å². The number of aryl methyl sites for hydroxylation is 1. The van der Waals surface area contributed by atoms with Crippen LogP contribution in [-0.4, -0.2) is 11.2 Å². The Kier molecular flexibility index (Phi) is 9.74. The fraction of sp³-hybridized carbons (Fsp3) is 0.256. The van der Waals surface area contributed by atoms with Crippen molar-refractivity contribution in [2.75, 3.05) is 5.32 Å². The molecule has 1 aromatic heterocycles. The predicted octanol–water partition coefficient (Wildman–Crippen LogP) is 12.9. The quantitative estimate of drug-likeness (QED) is 0.114. The van der Waals surface area contributed by atoms with E-state index >= 15 is 0 Å². The van der Waals surface area contributed by atoms with E-state index in [1.165, 1.54) is 27.6 Å². The Hall–Kier alpha value is -4.97. The van der Waals surface area contributed by atoms with Crippen LogP contribution in [0, 0.1) is 0 Å². The fourth-order valence-corrected chi connectivity index (χ4v) is 7.15. The largest absolute Gasteiger partial charge is 0.457 e. The summed E-state index contributed by atoms with van der Waals surface area (Å²) in [6, 6.07) is 38.3. The summed E-state index contributed by atoms with van der Waals surface area (Å²) in [4.78, 5) is 3.25. The van der Waals surface area contributed by atoms with Crippen LogP contribution in [0.4, 0.5) is 18.9 Å². The molecule has 6 heteroatoms. The molecule has 0 radical (unpaired) electrons. The van der Waals surface area contributed by atoms with Crippen LogP contribution in [-0.2, 0) is 6.42 Å². The fourth-order valence-electron chi connectivity index (χ4n) is 7.15. The lowest BCUT2D eigenvalue weighted by atomic mass is 9.87. The SMILES string of the molecule is FC(F)(F)CCCCCCCCCc1cccc(NC2=Cc3ccccc3C2c2cccc3cc(Oc4cccc5[nH]ccc45)ccc23)c1. The minimum atomic E-state index is -4.03. The number of aromatic amines is 1. The van der Waals surface area contributed by atoms with Gasteiger partial charge in [0.05, 0.1) is 5.92 Å². The maximum absolute atomic E-state index is 12.3. The number of hydrogen-bond acceptors (Lipinski definition) is 2. The minimum Gasteiger partial charge on any atom is -0.457 e. The van der Waals surface area contributed by atoms with Crippen molar-refractivity contribution in [3.8, 4) is 11.5 Å². The summed E-state index contributed by atoms with van der Waals surface area (Å²) in [5.74, 6) is 1.69. The molecule has 1 heterocycles. The van der Waals surface area contributed by atoms with Gasteiger partial charge in [0, 0.05) is 34.9 Å². The van der Waals surface area contributed by atoms with Crippen LogP contribution < -0.4 is 10.1 Å². The highest BCUT2D eigenvalue weighted by Gasteiger charge is 2.28. The summed E-state index contributed by atoms with van der Waals surface area (Å²) in [6.07, 6.45) is 6.52. The maximum Gasteiger partial charge on any atom is 0.389 e. The number of allylic oxidation sites excluding steroid dienone is 1. The van der Waals surface area contributed by atoms with E-state index in [4.69, 9.17) is 4.74 Å². The molecule has 7 rings (SSSR count). The van der Waals surface area contributed by atoms with Crippen LogP contribution >= 0.6 is 0 Å². The second kappa shape index (κ2) is 14.7. The van der Waals surface area contributed by atoms with Crippen molar-refractivity contribution in [3.63, 3.8) is 0 Å². The molecule has 1 atom stereocenters. The zero-order valence-electron chi connectivity index (χ0n) is 27.5. The van der Waals surface area contributed by atoms with Gasteiger partial charge in [0.25, 0.3) is 0 Å². The molecule has 0 saturated heterocycles. The molecule has 2 N–H and O–H groups in total. The lowest BCUT2D eigenvalue weighted by Crippen LogP contribution is -2.09. The molecule has 1 aliphatic rings. The normalized spacial score (nSPS) is 14.3. The molecule has 250 valence electrons. The smallest absolute Gasteiger partial charge is 0.389 e. The standard InChI is InChI=1S/C43H41F3N2O/c44-43(45,46)25-9-5-3-1-2-4-6-13-30-14-10-17-33(27-30)48-40-29-32-15-7-8-18-36(32)42(40)37-19-11-16-31-28-34(22-23-35(31)37)49-41-21-12-20-39-38(41)24-26-47-39/h7-8,10-12,14-24,26-29,42,47-48H,1-6,9,13,25H2. The Morgan fingerprint density at radius 2 is 1.45 bits per heavy atom. The lowest BCUT2D eigenvalue weighted by molar-refractivity contribution is -0.135. The molecule has 1 unspecified atom stereocenters. The molecule has 49 heavy (non-hydrogen) atoms. The Morgan fingerprint density at radius 3 is 2.33 bits per heavy atom. The summed E-state index contributed by atoms with van der Waals surface area (Å²) in [5.41, 5.74) is 8.31. The minimum absolute atomic E-state index is 0.0556. The van der Waals surface area contributed by atoms with Gasteiger partial charge in [-0.1, -0.05) is 98.8 Å². The maximum atomic E-state index is 12.3. The van der Waals surface area contributed by atoms with Gasteiger partial charge in [0.15, 0.2) is 0 Å². The molecular weight excluding hydrogens is 617 g/mol. The van der Waals surface area contributed by atoms with Crippen LogP contribution in [0.15, 0.2) is 121 Å². The number of alkyl halides is 3.